The van der Waals surface area contributed by atoms with Crippen LogP contribution in [0.3, 0.4) is 0 Å². The molecule has 0 fully saturated rings. The molecule has 190 valence electrons. The van der Waals surface area contributed by atoms with Gasteiger partial charge in [-0.25, -0.2) is 0 Å². The summed E-state index contributed by atoms with van der Waals surface area (Å²) in [5.74, 6) is 1.00. The highest BCUT2D eigenvalue weighted by molar-refractivity contribution is 7.56. The Hall–Kier alpha value is -3.87. The van der Waals surface area contributed by atoms with E-state index in [0.29, 0.717) is 15.2 Å². The molecule has 1 unspecified atom stereocenters. The van der Waals surface area contributed by atoms with Crippen molar-refractivity contribution in [3.8, 4) is 5.75 Å². The van der Waals surface area contributed by atoms with Gasteiger partial charge in [0.25, 0.3) is 0 Å². The van der Waals surface area contributed by atoms with E-state index in [1.165, 1.54) is 44.1 Å². The molecule has 0 aliphatic rings. The van der Waals surface area contributed by atoms with Crippen molar-refractivity contribution in [3.63, 3.8) is 0 Å². The first kappa shape index (κ1) is 25.8. The van der Waals surface area contributed by atoms with Crippen LogP contribution in [-0.4, -0.2) is 0 Å². The fourth-order valence-electron chi connectivity index (χ4n) is 4.72. The minimum atomic E-state index is 0.485. The molecule has 5 rings (SSSR count). The summed E-state index contributed by atoms with van der Waals surface area (Å²) >= 11 is 0. The number of rotatable bonds is 10. The lowest BCUT2D eigenvalue weighted by molar-refractivity contribution is 0.307. The molecule has 0 amide bonds. The van der Waals surface area contributed by atoms with E-state index in [4.69, 9.17) is 4.74 Å². The van der Waals surface area contributed by atoms with E-state index < -0.39 is 0 Å². The Labute approximate surface area is 228 Å². The molecule has 0 radical (unpaired) electrons. The van der Waals surface area contributed by atoms with Gasteiger partial charge < -0.3 is 9.64 Å². The third kappa shape index (κ3) is 6.52. The van der Waals surface area contributed by atoms with E-state index in [9.17, 15) is 0 Å². The molecule has 5 aromatic rings. The van der Waals surface area contributed by atoms with Gasteiger partial charge in [0.2, 0.25) is 0 Å². The molecule has 38 heavy (non-hydrogen) atoms. The van der Waals surface area contributed by atoms with Gasteiger partial charge in [-0.15, -0.1) is 0 Å². The Morgan fingerprint density at radius 2 is 1.08 bits per heavy atom. The van der Waals surface area contributed by atoms with Gasteiger partial charge >= 0.3 is 0 Å². The normalized spacial score (nSPS) is 11.1. The molecule has 0 heterocycles. The van der Waals surface area contributed by atoms with Crippen molar-refractivity contribution in [2.24, 2.45) is 0 Å². The highest BCUT2D eigenvalue weighted by atomic mass is 31.1. The van der Waals surface area contributed by atoms with Crippen molar-refractivity contribution in [2.75, 3.05) is 4.90 Å². The number of para-hydroxylation sites is 1. The number of anilines is 1. The second-order valence-corrected chi connectivity index (χ2v) is 10.9. The number of ether oxygens (including phenoxy) is 1. The lowest BCUT2D eigenvalue weighted by Crippen LogP contribution is -2.27. The predicted octanol–water partition coefficient (Wildman–Crippen LogP) is 7.72. The van der Waals surface area contributed by atoms with E-state index in [-0.39, 0.29) is 0 Å². The van der Waals surface area contributed by atoms with Gasteiger partial charge in [-0.1, -0.05) is 130 Å². The average Bonchev–Trinajstić information content (AvgIpc) is 2.95. The summed E-state index contributed by atoms with van der Waals surface area (Å²) in [6.07, 6.45) is 0. The van der Waals surface area contributed by atoms with Gasteiger partial charge in [0, 0.05) is 29.4 Å². The average molecular weight is 516 g/mol. The highest BCUT2D eigenvalue weighted by Gasteiger charge is 2.17. The van der Waals surface area contributed by atoms with Crippen molar-refractivity contribution in [2.45, 2.75) is 33.5 Å². The Bertz CT molecular complexity index is 1410. The van der Waals surface area contributed by atoms with Gasteiger partial charge in [0.1, 0.15) is 12.4 Å². The van der Waals surface area contributed by atoms with E-state index >= 15 is 0 Å². The second kappa shape index (κ2) is 12.6. The summed E-state index contributed by atoms with van der Waals surface area (Å²) in [6, 6.07) is 45.1. The summed E-state index contributed by atoms with van der Waals surface area (Å²) in [7, 11) is 0.485. The summed E-state index contributed by atoms with van der Waals surface area (Å²) in [5, 5.41) is 2.62. The van der Waals surface area contributed by atoms with Crippen molar-refractivity contribution < 1.29 is 4.74 Å². The van der Waals surface area contributed by atoms with Gasteiger partial charge in [-0.2, -0.15) is 0 Å². The smallest absolute Gasteiger partial charge is 0.130 e. The molecule has 0 saturated carbocycles. The van der Waals surface area contributed by atoms with Crippen molar-refractivity contribution in [1.29, 1.82) is 0 Å². The second-order valence-electron chi connectivity index (χ2n) is 9.65. The van der Waals surface area contributed by atoms with Crippen LogP contribution < -0.4 is 20.2 Å². The van der Waals surface area contributed by atoms with Crippen LogP contribution in [0.15, 0.2) is 127 Å². The molecule has 0 aliphatic carbocycles. The number of aryl methyl sites for hydroxylation is 2. The Morgan fingerprint density at radius 1 is 0.553 bits per heavy atom. The van der Waals surface area contributed by atoms with Crippen LogP contribution in [0.2, 0.25) is 0 Å². The molecular weight excluding hydrogens is 481 g/mol. The molecule has 0 aliphatic heterocycles. The molecule has 3 heteroatoms. The summed E-state index contributed by atoms with van der Waals surface area (Å²) < 4.78 is 6.45. The zero-order chi connectivity index (χ0) is 26.2. The molecule has 1 atom stereocenters. The van der Waals surface area contributed by atoms with Gasteiger partial charge in [0.05, 0.1) is 0 Å². The Balaban J connectivity index is 1.49. The van der Waals surface area contributed by atoms with Gasteiger partial charge in [-0.3, -0.25) is 0 Å². The molecule has 2 nitrogen and oxygen atoms in total. The maximum Gasteiger partial charge on any atom is 0.130 e. The lowest BCUT2D eigenvalue weighted by Gasteiger charge is -2.29. The number of hydrogen-bond acceptors (Lipinski definition) is 2. The van der Waals surface area contributed by atoms with E-state index in [2.05, 4.69) is 140 Å². The van der Waals surface area contributed by atoms with Gasteiger partial charge in [0.15, 0.2) is 0 Å². The lowest BCUT2D eigenvalue weighted by atomic mass is 10.1. The van der Waals surface area contributed by atoms with Gasteiger partial charge in [-0.05, 0) is 47.7 Å². The maximum absolute atomic E-state index is 6.45. The number of hydrogen-bond donors (Lipinski definition) is 0. The first-order valence-electron chi connectivity index (χ1n) is 13.1. The number of benzene rings is 5. The van der Waals surface area contributed by atoms with Crippen molar-refractivity contribution in [1.82, 2.24) is 0 Å². The fraction of sp³-hybridized carbons (Fsp3) is 0.143. The van der Waals surface area contributed by atoms with Crippen molar-refractivity contribution >= 4 is 24.9 Å². The molecule has 5 aromatic carbocycles. The monoisotopic (exact) mass is 515 g/mol. The number of nitrogens with zero attached hydrogens (tertiary/aromatic N) is 1. The van der Waals surface area contributed by atoms with E-state index in [0.717, 1.165) is 18.8 Å². The van der Waals surface area contributed by atoms with Crippen LogP contribution in [0, 0.1) is 13.8 Å². The van der Waals surface area contributed by atoms with Crippen LogP contribution in [0.4, 0.5) is 5.69 Å². The quantitative estimate of drug-likeness (QED) is 0.177. The maximum atomic E-state index is 6.45. The molecule has 0 saturated heterocycles. The summed E-state index contributed by atoms with van der Waals surface area (Å²) in [6.45, 7) is 6.64. The van der Waals surface area contributed by atoms with Crippen LogP contribution >= 0.6 is 8.58 Å². The predicted molar refractivity (Wildman–Crippen MR) is 163 cm³/mol. The zero-order valence-corrected chi connectivity index (χ0v) is 23.1. The summed E-state index contributed by atoms with van der Waals surface area (Å²) in [4.78, 5) is 2.51. The van der Waals surface area contributed by atoms with Crippen LogP contribution in [0.1, 0.15) is 27.8 Å². The first-order valence-corrected chi connectivity index (χ1v) is 14.1. The third-order valence-corrected chi connectivity index (χ3v) is 8.29. The largest absolute Gasteiger partial charge is 0.488 e. The SMILES string of the molecule is Cc1cccc(Pc2c(C)cccc2N(Cc2ccccc2)Cc2ccccc2)c1OCc1ccccc1. The highest BCUT2D eigenvalue weighted by Crippen LogP contribution is 2.30. The molecule has 0 spiro atoms. The van der Waals surface area contributed by atoms with Crippen LogP contribution in [0.5, 0.6) is 5.75 Å². The Kier molecular flexibility index (Phi) is 8.53. The van der Waals surface area contributed by atoms with Crippen LogP contribution in [0.25, 0.3) is 0 Å². The minimum Gasteiger partial charge on any atom is -0.488 e. The molecule has 0 N–H and O–H groups in total. The van der Waals surface area contributed by atoms with Crippen molar-refractivity contribution in [3.05, 3.63) is 155 Å². The summed E-state index contributed by atoms with van der Waals surface area (Å²) in [5.41, 5.74) is 7.56. The topological polar surface area (TPSA) is 12.5 Å². The van der Waals surface area contributed by atoms with E-state index in [1.807, 2.05) is 6.07 Å². The minimum absolute atomic E-state index is 0.485. The fourth-order valence-corrected chi connectivity index (χ4v) is 6.20. The zero-order valence-electron chi connectivity index (χ0n) is 22.1. The first-order chi connectivity index (χ1) is 18.7. The van der Waals surface area contributed by atoms with Crippen LogP contribution in [-0.2, 0) is 19.7 Å². The van der Waals surface area contributed by atoms with E-state index in [1.54, 1.807) is 0 Å². The Morgan fingerprint density at radius 3 is 1.68 bits per heavy atom. The third-order valence-electron chi connectivity index (χ3n) is 6.72. The molecule has 0 bridgehead atoms. The standard InChI is InChI=1S/C35H34NOP/c1-27-14-13-23-33(34(27)37-26-31-20-10-5-11-21-31)38-35-28(2)15-12-22-32(35)36(24-29-16-6-3-7-17-29)25-30-18-8-4-9-19-30/h3-23,38H,24-26H2,1-2H3. The molecular formula is C35H34NOP. The molecule has 0 aromatic heterocycles.